The van der Waals surface area contributed by atoms with E-state index in [4.69, 9.17) is 4.74 Å². The van der Waals surface area contributed by atoms with Crippen molar-refractivity contribution in [3.63, 3.8) is 0 Å². The SMILES string of the molecule is COc1ccccc1C(CNS(=O)(=O)Cc1ccc(F)cc1)N1CCCCC1. The summed E-state index contributed by atoms with van der Waals surface area (Å²) in [5.41, 5.74) is 1.54. The summed E-state index contributed by atoms with van der Waals surface area (Å²) < 4.78 is 46.5. The number of methoxy groups -OCH3 is 1. The van der Waals surface area contributed by atoms with Crippen molar-refractivity contribution in [3.05, 3.63) is 65.5 Å². The Hall–Kier alpha value is -1.96. The molecule has 1 saturated heterocycles. The molecule has 152 valence electrons. The zero-order chi connectivity index (χ0) is 20.0. The Balaban J connectivity index is 1.76. The van der Waals surface area contributed by atoms with E-state index in [1.807, 2.05) is 24.3 Å². The smallest absolute Gasteiger partial charge is 0.215 e. The van der Waals surface area contributed by atoms with Gasteiger partial charge in [-0.05, 0) is 49.7 Å². The number of nitrogens with one attached hydrogen (secondary N) is 1. The van der Waals surface area contributed by atoms with Crippen molar-refractivity contribution in [3.8, 4) is 5.75 Å². The van der Waals surface area contributed by atoms with Gasteiger partial charge in [0.2, 0.25) is 10.0 Å². The fourth-order valence-corrected chi connectivity index (χ4v) is 4.81. The maximum atomic E-state index is 13.1. The summed E-state index contributed by atoms with van der Waals surface area (Å²) in [6, 6.07) is 13.2. The van der Waals surface area contributed by atoms with E-state index in [1.165, 1.54) is 30.7 Å². The van der Waals surface area contributed by atoms with Crippen molar-refractivity contribution < 1.29 is 17.5 Å². The van der Waals surface area contributed by atoms with Crippen molar-refractivity contribution in [2.45, 2.75) is 31.1 Å². The van der Waals surface area contributed by atoms with Gasteiger partial charge >= 0.3 is 0 Å². The summed E-state index contributed by atoms with van der Waals surface area (Å²) in [5.74, 6) is 0.206. The molecule has 2 aromatic rings. The van der Waals surface area contributed by atoms with E-state index in [1.54, 1.807) is 7.11 Å². The highest BCUT2D eigenvalue weighted by atomic mass is 32.2. The number of halogens is 1. The van der Waals surface area contributed by atoms with Gasteiger partial charge < -0.3 is 4.74 Å². The first-order valence-electron chi connectivity index (χ1n) is 9.57. The summed E-state index contributed by atoms with van der Waals surface area (Å²) in [4.78, 5) is 2.32. The molecule has 3 rings (SSSR count). The van der Waals surface area contributed by atoms with Gasteiger partial charge in [0.1, 0.15) is 11.6 Å². The Morgan fingerprint density at radius 3 is 2.43 bits per heavy atom. The van der Waals surface area contributed by atoms with Gasteiger partial charge in [0.05, 0.1) is 18.9 Å². The Morgan fingerprint density at radius 2 is 1.75 bits per heavy atom. The number of rotatable bonds is 8. The van der Waals surface area contributed by atoms with E-state index >= 15 is 0 Å². The first-order chi connectivity index (χ1) is 13.5. The number of piperidine rings is 1. The second-order valence-corrected chi connectivity index (χ2v) is 8.90. The largest absolute Gasteiger partial charge is 0.496 e. The number of sulfonamides is 1. The molecule has 1 fully saturated rings. The van der Waals surface area contributed by atoms with Gasteiger partial charge in [0.15, 0.2) is 0 Å². The van der Waals surface area contributed by atoms with Gasteiger partial charge in [-0.1, -0.05) is 36.8 Å². The van der Waals surface area contributed by atoms with Crippen LogP contribution in [-0.4, -0.2) is 40.1 Å². The molecule has 0 spiro atoms. The molecule has 1 aliphatic rings. The lowest BCUT2D eigenvalue weighted by atomic mass is 10.0. The molecule has 1 aliphatic heterocycles. The van der Waals surface area contributed by atoms with Gasteiger partial charge in [-0.3, -0.25) is 4.90 Å². The number of para-hydroxylation sites is 1. The van der Waals surface area contributed by atoms with Crippen LogP contribution in [-0.2, 0) is 15.8 Å². The van der Waals surface area contributed by atoms with Crippen LogP contribution in [0.3, 0.4) is 0 Å². The monoisotopic (exact) mass is 406 g/mol. The predicted molar refractivity (Wildman–Crippen MR) is 108 cm³/mol. The van der Waals surface area contributed by atoms with E-state index in [9.17, 15) is 12.8 Å². The highest BCUT2D eigenvalue weighted by molar-refractivity contribution is 7.88. The standard InChI is InChI=1S/C21H27FN2O3S/c1-27-21-8-4-3-7-19(21)20(24-13-5-2-6-14-24)15-23-28(25,26)16-17-9-11-18(22)12-10-17/h3-4,7-12,20,23H,2,5-6,13-16H2,1H3. The van der Waals surface area contributed by atoms with Crippen molar-refractivity contribution in [2.24, 2.45) is 0 Å². The number of benzene rings is 2. The van der Waals surface area contributed by atoms with Crippen LogP contribution in [0.5, 0.6) is 5.75 Å². The van der Waals surface area contributed by atoms with Crippen LogP contribution in [0.4, 0.5) is 4.39 Å². The third kappa shape index (κ3) is 5.53. The normalized spacial score (nSPS) is 16.6. The highest BCUT2D eigenvalue weighted by Gasteiger charge is 2.26. The topological polar surface area (TPSA) is 58.6 Å². The Labute approximate surface area is 166 Å². The van der Waals surface area contributed by atoms with Crippen molar-refractivity contribution in [1.29, 1.82) is 0 Å². The summed E-state index contributed by atoms with van der Waals surface area (Å²) in [7, 11) is -1.92. The van der Waals surface area contributed by atoms with Crippen molar-refractivity contribution in [1.82, 2.24) is 9.62 Å². The minimum atomic E-state index is -3.55. The average molecular weight is 407 g/mol. The first-order valence-corrected chi connectivity index (χ1v) is 11.2. The van der Waals surface area contributed by atoms with Gasteiger partial charge in [-0.25, -0.2) is 17.5 Å². The Kier molecular flexibility index (Phi) is 7.04. The molecule has 0 aromatic heterocycles. The second kappa shape index (κ2) is 9.49. The highest BCUT2D eigenvalue weighted by Crippen LogP contribution is 2.31. The third-order valence-corrected chi connectivity index (χ3v) is 6.42. The van der Waals surface area contributed by atoms with Crippen LogP contribution in [0, 0.1) is 5.82 Å². The fraction of sp³-hybridized carbons (Fsp3) is 0.429. The molecule has 0 bridgehead atoms. The van der Waals surface area contributed by atoms with Crippen LogP contribution < -0.4 is 9.46 Å². The van der Waals surface area contributed by atoms with E-state index in [0.717, 1.165) is 37.2 Å². The summed E-state index contributed by atoms with van der Waals surface area (Å²) in [5, 5.41) is 0. The molecule has 0 amide bonds. The summed E-state index contributed by atoms with van der Waals surface area (Å²) >= 11 is 0. The Morgan fingerprint density at radius 1 is 1.07 bits per heavy atom. The molecule has 1 heterocycles. The number of likely N-dealkylation sites (tertiary alicyclic amines) is 1. The van der Waals surface area contributed by atoms with Crippen LogP contribution in [0.25, 0.3) is 0 Å². The molecule has 7 heteroatoms. The predicted octanol–water partition coefficient (Wildman–Crippen LogP) is 3.48. The summed E-state index contributed by atoms with van der Waals surface area (Å²) in [6.07, 6.45) is 3.41. The molecular weight excluding hydrogens is 379 g/mol. The van der Waals surface area contributed by atoms with Crippen LogP contribution in [0.1, 0.15) is 36.4 Å². The van der Waals surface area contributed by atoms with E-state index in [-0.39, 0.29) is 24.2 Å². The molecule has 0 aliphatic carbocycles. The maximum Gasteiger partial charge on any atom is 0.215 e. The third-order valence-electron chi connectivity index (χ3n) is 5.10. The maximum absolute atomic E-state index is 13.1. The first kappa shape index (κ1) is 20.8. The number of nitrogens with zero attached hydrogens (tertiary/aromatic N) is 1. The fourth-order valence-electron chi connectivity index (χ4n) is 3.66. The minimum Gasteiger partial charge on any atom is -0.496 e. The quantitative estimate of drug-likeness (QED) is 0.729. The van der Waals surface area contributed by atoms with E-state index < -0.39 is 10.0 Å². The summed E-state index contributed by atoms with van der Waals surface area (Å²) in [6.45, 7) is 2.13. The van der Waals surface area contributed by atoms with Crippen LogP contribution in [0.2, 0.25) is 0 Å². The minimum absolute atomic E-state index is 0.0977. The molecule has 2 aromatic carbocycles. The molecule has 0 radical (unpaired) electrons. The van der Waals surface area contributed by atoms with Crippen LogP contribution >= 0.6 is 0 Å². The molecule has 5 nitrogen and oxygen atoms in total. The lowest BCUT2D eigenvalue weighted by molar-refractivity contribution is 0.162. The average Bonchev–Trinajstić information content (AvgIpc) is 2.71. The second-order valence-electron chi connectivity index (χ2n) is 7.09. The zero-order valence-corrected chi connectivity index (χ0v) is 16.9. The molecule has 28 heavy (non-hydrogen) atoms. The molecule has 1 unspecified atom stereocenters. The number of hydrogen-bond donors (Lipinski definition) is 1. The van der Waals surface area contributed by atoms with E-state index in [2.05, 4.69) is 9.62 Å². The number of hydrogen-bond acceptors (Lipinski definition) is 4. The lowest BCUT2D eigenvalue weighted by Gasteiger charge is -2.35. The Bertz CT molecular complexity index is 865. The lowest BCUT2D eigenvalue weighted by Crippen LogP contribution is -2.41. The zero-order valence-electron chi connectivity index (χ0n) is 16.1. The molecular formula is C21H27FN2O3S. The van der Waals surface area contributed by atoms with Crippen LogP contribution in [0.15, 0.2) is 48.5 Å². The van der Waals surface area contributed by atoms with Gasteiger partial charge in [0.25, 0.3) is 0 Å². The van der Waals surface area contributed by atoms with Crippen molar-refractivity contribution in [2.75, 3.05) is 26.7 Å². The van der Waals surface area contributed by atoms with E-state index in [0.29, 0.717) is 5.56 Å². The van der Waals surface area contributed by atoms with Gasteiger partial charge in [-0.15, -0.1) is 0 Å². The van der Waals surface area contributed by atoms with Gasteiger partial charge in [0, 0.05) is 12.1 Å². The van der Waals surface area contributed by atoms with Crippen molar-refractivity contribution >= 4 is 10.0 Å². The molecule has 0 saturated carbocycles. The molecule has 1 atom stereocenters. The van der Waals surface area contributed by atoms with Gasteiger partial charge in [-0.2, -0.15) is 0 Å². The molecule has 1 N–H and O–H groups in total. The number of ether oxygens (including phenoxy) is 1.